The van der Waals surface area contributed by atoms with Gasteiger partial charge in [-0.15, -0.1) is 0 Å². The van der Waals surface area contributed by atoms with Crippen LogP contribution in [-0.4, -0.2) is 21.2 Å². The molecule has 0 radical (unpaired) electrons. The molecule has 0 bridgehead atoms. The first-order valence-electron chi connectivity index (χ1n) is 3.06. The summed E-state index contributed by atoms with van der Waals surface area (Å²) < 4.78 is 0. The molecule has 46 valence electrons. The van der Waals surface area contributed by atoms with E-state index in [1.54, 1.807) is 0 Å². The summed E-state index contributed by atoms with van der Waals surface area (Å²) >= 11 is 0. The molecule has 0 spiro atoms. The van der Waals surface area contributed by atoms with Crippen molar-refractivity contribution in [1.29, 1.82) is 0 Å². The van der Waals surface area contributed by atoms with E-state index in [-0.39, 0.29) is 5.91 Å². The third-order valence-electron chi connectivity index (χ3n) is 1.49. The van der Waals surface area contributed by atoms with Gasteiger partial charge in [0.25, 0.3) is 0 Å². The summed E-state index contributed by atoms with van der Waals surface area (Å²) in [6.45, 7) is 3.19. The fourth-order valence-electron chi connectivity index (χ4n) is 0.949. The lowest BCUT2D eigenvalue weighted by atomic mass is 10.6. The summed E-state index contributed by atoms with van der Waals surface area (Å²) in [5.41, 5.74) is 0. The summed E-state index contributed by atoms with van der Waals surface area (Å²) in [5, 5.41) is 2.81. The van der Waals surface area contributed by atoms with Gasteiger partial charge in [-0.25, -0.2) is 0 Å². The Kier molecular flexibility index (Phi) is 1.68. The first-order chi connectivity index (χ1) is 3.79. The van der Waals surface area contributed by atoms with Crippen molar-refractivity contribution in [1.82, 2.24) is 5.32 Å². The van der Waals surface area contributed by atoms with E-state index < -0.39 is 8.80 Å². The molecule has 1 aliphatic rings. The molecule has 0 saturated carbocycles. The standard InChI is InChI=1S/C5H11NOSi/c1-8-3-2-6-5(7)4-8/h8H,2-4H2,1H3,(H,6,7). The van der Waals surface area contributed by atoms with E-state index in [4.69, 9.17) is 0 Å². The molecule has 0 aromatic rings. The highest BCUT2D eigenvalue weighted by atomic mass is 28.3. The second kappa shape index (κ2) is 2.30. The topological polar surface area (TPSA) is 29.1 Å². The summed E-state index contributed by atoms with van der Waals surface area (Å²) in [7, 11) is -0.564. The van der Waals surface area contributed by atoms with Crippen molar-refractivity contribution in [2.75, 3.05) is 6.54 Å². The molecular weight excluding hydrogens is 118 g/mol. The Morgan fingerprint density at radius 2 is 2.50 bits per heavy atom. The van der Waals surface area contributed by atoms with Crippen molar-refractivity contribution in [2.45, 2.75) is 18.6 Å². The largest absolute Gasteiger partial charge is 0.357 e. The van der Waals surface area contributed by atoms with Crippen molar-refractivity contribution in [3.63, 3.8) is 0 Å². The van der Waals surface area contributed by atoms with Gasteiger partial charge < -0.3 is 5.32 Å². The number of nitrogens with one attached hydrogen (secondary N) is 1. The van der Waals surface area contributed by atoms with Crippen LogP contribution in [0.15, 0.2) is 0 Å². The molecule has 1 aliphatic heterocycles. The van der Waals surface area contributed by atoms with Crippen molar-refractivity contribution in [3.8, 4) is 0 Å². The molecule has 8 heavy (non-hydrogen) atoms. The van der Waals surface area contributed by atoms with Crippen LogP contribution in [0.4, 0.5) is 0 Å². The molecule has 1 fully saturated rings. The molecule has 1 atom stereocenters. The van der Waals surface area contributed by atoms with Gasteiger partial charge in [0, 0.05) is 21.4 Å². The molecule has 3 heteroatoms. The highest BCUT2D eigenvalue weighted by molar-refractivity contribution is 6.61. The molecule has 0 aliphatic carbocycles. The average molecular weight is 129 g/mol. The molecule has 1 heterocycles. The van der Waals surface area contributed by atoms with Gasteiger partial charge in [-0.1, -0.05) is 6.55 Å². The third kappa shape index (κ3) is 1.33. The van der Waals surface area contributed by atoms with Crippen LogP contribution >= 0.6 is 0 Å². The lowest BCUT2D eigenvalue weighted by Crippen LogP contribution is -2.35. The number of carbonyl (C=O) groups is 1. The number of hydrogen-bond acceptors (Lipinski definition) is 1. The Hall–Kier alpha value is -0.313. The Morgan fingerprint density at radius 3 is 2.88 bits per heavy atom. The zero-order valence-electron chi connectivity index (χ0n) is 5.11. The lowest BCUT2D eigenvalue weighted by Gasteiger charge is -2.15. The van der Waals surface area contributed by atoms with Gasteiger partial charge in [0.15, 0.2) is 0 Å². The van der Waals surface area contributed by atoms with E-state index in [2.05, 4.69) is 11.9 Å². The van der Waals surface area contributed by atoms with E-state index in [0.29, 0.717) is 0 Å². The Balaban J connectivity index is 2.34. The minimum absolute atomic E-state index is 0.274. The van der Waals surface area contributed by atoms with Crippen molar-refractivity contribution < 1.29 is 4.79 Å². The van der Waals surface area contributed by atoms with Crippen molar-refractivity contribution in [2.24, 2.45) is 0 Å². The molecule has 1 unspecified atom stereocenters. The van der Waals surface area contributed by atoms with Gasteiger partial charge >= 0.3 is 0 Å². The Labute approximate surface area is 50.9 Å². The van der Waals surface area contributed by atoms with Crippen LogP contribution in [0, 0.1) is 0 Å². The van der Waals surface area contributed by atoms with Gasteiger partial charge in [0.05, 0.1) is 0 Å². The number of amides is 1. The molecule has 0 aromatic heterocycles. The number of rotatable bonds is 0. The molecule has 1 saturated heterocycles. The van der Waals surface area contributed by atoms with Crippen molar-refractivity contribution >= 4 is 14.7 Å². The van der Waals surface area contributed by atoms with Crippen LogP contribution < -0.4 is 5.32 Å². The maximum absolute atomic E-state index is 10.6. The van der Waals surface area contributed by atoms with E-state index in [1.165, 1.54) is 6.04 Å². The number of carbonyl (C=O) groups excluding carboxylic acids is 1. The van der Waals surface area contributed by atoms with Crippen LogP contribution in [0.5, 0.6) is 0 Å². The summed E-state index contributed by atoms with van der Waals surface area (Å²) in [4.78, 5) is 10.6. The number of hydrogen-bond donors (Lipinski definition) is 1. The highest BCUT2D eigenvalue weighted by Crippen LogP contribution is 2.02. The second-order valence-electron chi connectivity index (χ2n) is 2.45. The smallest absolute Gasteiger partial charge is 0.217 e. The Morgan fingerprint density at radius 1 is 1.75 bits per heavy atom. The van der Waals surface area contributed by atoms with Crippen LogP contribution in [0.3, 0.4) is 0 Å². The van der Waals surface area contributed by atoms with E-state index in [1.807, 2.05) is 0 Å². The fraction of sp³-hybridized carbons (Fsp3) is 0.800. The minimum atomic E-state index is -0.564. The lowest BCUT2D eigenvalue weighted by molar-refractivity contribution is -0.119. The highest BCUT2D eigenvalue weighted by Gasteiger charge is 2.14. The average Bonchev–Trinajstić information content (AvgIpc) is 1.64. The Bertz CT molecular complexity index is 105. The molecule has 1 amide bonds. The maximum atomic E-state index is 10.6. The molecule has 0 aromatic carbocycles. The zero-order chi connectivity index (χ0) is 5.98. The predicted molar refractivity (Wildman–Crippen MR) is 35.6 cm³/mol. The summed E-state index contributed by atoms with van der Waals surface area (Å²) in [5.74, 6) is 0.274. The third-order valence-corrected chi connectivity index (χ3v) is 3.84. The zero-order valence-corrected chi connectivity index (χ0v) is 6.26. The fourth-order valence-corrected chi connectivity index (χ4v) is 2.57. The van der Waals surface area contributed by atoms with Crippen LogP contribution in [0.25, 0.3) is 0 Å². The summed E-state index contributed by atoms with van der Waals surface area (Å²) in [6, 6.07) is 2.14. The van der Waals surface area contributed by atoms with Gasteiger partial charge in [-0.05, 0) is 6.04 Å². The predicted octanol–water partition coefficient (Wildman–Crippen LogP) is -0.0269. The first kappa shape index (κ1) is 5.82. The SMILES string of the molecule is C[SiH]1CCNC(=O)C1. The normalized spacial score (nSPS) is 29.6. The molecule has 1 N–H and O–H groups in total. The minimum Gasteiger partial charge on any atom is -0.357 e. The van der Waals surface area contributed by atoms with E-state index in [0.717, 1.165) is 12.6 Å². The summed E-state index contributed by atoms with van der Waals surface area (Å²) in [6.07, 6.45) is 0. The van der Waals surface area contributed by atoms with Crippen LogP contribution in [-0.2, 0) is 4.79 Å². The monoisotopic (exact) mass is 129 g/mol. The van der Waals surface area contributed by atoms with Crippen LogP contribution in [0.2, 0.25) is 18.6 Å². The quantitative estimate of drug-likeness (QED) is 0.457. The van der Waals surface area contributed by atoms with Crippen LogP contribution in [0.1, 0.15) is 0 Å². The molecular formula is C5H11NOSi. The van der Waals surface area contributed by atoms with Gasteiger partial charge in [0.1, 0.15) is 0 Å². The molecule has 2 nitrogen and oxygen atoms in total. The van der Waals surface area contributed by atoms with E-state index >= 15 is 0 Å². The van der Waals surface area contributed by atoms with Gasteiger partial charge in [-0.3, -0.25) is 4.79 Å². The first-order valence-corrected chi connectivity index (χ1v) is 5.84. The van der Waals surface area contributed by atoms with E-state index in [9.17, 15) is 4.79 Å². The maximum Gasteiger partial charge on any atom is 0.217 e. The van der Waals surface area contributed by atoms with Gasteiger partial charge in [-0.2, -0.15) is 0 Å². The van der Waals surface area contributed by atoms with Gasteiger partial charge in [0.2, 0.25) is 5.91 Å². The second-order valence-corrected chi connectivity index (χ2v) is 5.64. The van der Waals surface area contributed by atoms with Crippen molar-refractivity contribution in [3.05, 3.63) is 0 Å². The molecule has 1 rings (SSSR count).